The minimum Gasteiger partial charge on any atom is -0.299 e. The molecule has 1 heteroatoms. The quantitative estimate of drug-likeness (QED) is 0.596. The molecular weight excluding hydrogens is 256 g/mol. The van der Waals surface area contributed by atoms with Gasteiger partial charge < -0.3 is 0 Å². The van der Waals surface area contributed by atoms with Gasteiger partial charge in [-0.1, -0.05) is 20.8 Å². The van der Waals surface area contributed by atoms with Crippen LogP contribution in [0.1, 0.15) is 78.6 Å². The summed E-state index contributed by atoms with van der Waals surface area (Å²) in [5.41, 5.74) is 0.655. The fraction of sp³-hybridized carbons (Fsp3) is 0.950. The van der Waals surface area contributed by atoms with Gasteiger partial charge in [-0.05, 0) is 86.4 Å². The first kappa shape index (κ1) is 14.3. The highest BCUT2D eigenvalue weighted by molar-refractivity contribution is 5.87. The lowest BCUT2D eigenvalue weighted by molar-refractivity contribution is -0.133. The van der Waals surface area contributed by atoms with Crippen molar-refractivity contribution in [3.05, 3.63) is 0 Å². The number of Topliss-reactive ketones (excluding diaryl/α,β-unsaturated/α-hetero) is 1. The molecule has 4 aliphatic carbocycles. The predicted octanol–water partition coefficient (Wildman–Crippen LogP) is 5.23. The van der Waals surface area contributed by atoms with Gasteiger partial charge in [-0.15, -0.1) is 0 Å². The van der Waals surface area contributed by atoms with Gasteiger partial charge in [0.15, 0.2) is 0 Å². The maximum Gasteiger partial charge on any atom is 0.139 e. The minimum atomic E-state index is 0.0714. The first-order valence-electron chi connectivity index (χ1n) is 9.44. The van der Waals surface area contributed by atoms with Crippen LogP contribution in [0, 0.1) is 40.4 Å². The second-order valence-corrected chi connectivity index (χ2v) is 9.76. The van der Waals surface area contributed by atoms with E-state index in [2.05, 4.69) is 20.8 Å². The Morgan fingerprint density at radius 3 is 2.43 bits per heavy atom. The molecule has 4 aliphatic rings. The van der Waals surface area contributed by atoms with E-state index in [9.17, 15) is 4.79 Å². The molecule has 0 radical (unpaired) electrons. The number of carbonyl (C=O) groups is 1. The SMILES string of the molecule is CC1(C)CC[C@@H]2C3CC[C@]4(C)C(=O)CCC4C3CC[C@@H]2C1. The molecule has 0 aromatic heterocycles. The molecule has 4 saturated carbocycles. The van der Waals surface area contributed by atoms with Crippen LogP contribution in [0.5, 0.6) is 0 Å². The molecule has 118 valence electrons. The zero-order chi connectivity index (χ0) is 14.8. The molecule has 0 amide bonds. The van der Waals surface area contributed by atoms with E-state index in [0.29, 0.717) is 11.2 Å². The topological polar surface area (TPSA) is 17.1 Å². The highest BCUT2D eigenvalue weighted by Gasteiger charge is 2.57. The smallest absolute Gasteiger partial charge is 0.139 e. The number of hydrogen-bond donors (Lipinski definition) is 0. The van der Waals surface area contributed by atoms with E-state index < -0.39 is 0 Å². The van der Waals surface area contributed by atoms with Gasteiger partial charge in [0.05, 0.1) is 0 Å². The van der Waals surface area contributed by atoms with Crippen molar-refractivity contribution in [3.8, 4) is 0 Å². The van der Waals surface area contributed by atoms with Gasteiger partial charge in [-0.2, -0.15) is 0 Å². The normalized spacial score (nSPS) is 52.0. The Hall–Kier alpha value is -0.330. The Kier molecular flexibility index (Phi) is 3.12. The lowest BCUT2D eigenvalue weighted by Crippen LogP contribution is -2.49. The maximum absolute atomic E-state index is 12.4. The van der Waals surface area contributed by atoms with Crippen LogP contribution < -0.4 is 0 Å². The summed E-state index contributed by atoms with van der Waals surface area (Å²) < 4.78 is 0. The molecule has 0 aromatic carbocycles. The summed E-state index contributed by atoms with van der Waals surface area (Å²) in [6.07, 6.45) is 11.9. The van der Waals surface area contributed by atoms with Crippen molar-refractivity contribution < 1.29 is 4.79 Å². The fourth-order valence-corrected chi connectivity index (χ4v) is 7.08. The molecule has 0 bridgehead atoms. The third kappa shape index (κ3) is 2.05. The average Bonchev–Trinajstić information content (AvgIpc) is 2.73. The second-order valence-electron chi connectivity index (χ2n) is 9.76. The zero-order valence-electron chi connectivity index (χ0n) is 14.2. The highest BCUT2D eigenvalue weighted by Crippen LogP contribution is 2.62. The Balaban J connectivity index is 1.57. The Labute approximate surface area is 130 Å². The summed E-state index contributed by atoms with van der Waals surface area (Å²) in [6, 6.07) is 0. The van der Waals surface area contributed by atoms with Crippen molar-refractivity contribution >= 4 is 5.78 Å². The monoisotopic (exact) mass is 288 g/mol. The summed E-state index contributed by atoms with van der Waals surface area (Å²) in [4.78, 5) is 12.4. The standard InChI is InChI=1S/C20H32O/c1-19(2)10-8-14-13(12-19)4-5-16-15(14)9-11-20(3)17(16)6-7-18(20)21/h13-17H,4-12H2,1-3H3/t13-,14+,15?,16?,17?,20+/m1/s1. The Bertz CT molecular complexity index is 451. The van der Waals surface area contributed by atoms with Crippen LogP contribution in [0.2, 0.25) is 0 Å². The molecule has 6 atom stereocenters. The number of hydrogen-bond acceptors (Lipinski definition) is 1. The van der Waals surface area contributed by atoms with Crippen LogP contribution in [0.4, 0.5) is 0 Å². The number of rotatable bonds is 0. The molecule has 1 nitrogen and oxygen atoms in total. The third-order valence-corrected chi connectivity index (χ3v) is 8.20. The van der Waals surface area contributed by atoms with Gasteiger partial charge in [0.1, 0.15) is 5.78 Å². The lowest BCUT2D eigenvalue weighted by Gasteiger charge is -2.56. The summed E-state index contributed by atoms with van der Waals surface area (Å²) in [7, 11) is 0. The highest BCUT2D eigenvalue weighted by atomic mass is 16.1. The van der Waals surface area contributed by atoms with E-state index in [1.807, 2.05) is 0 Å². The summed E-state index contributed by atoms with van der Waals surface area (Å²) in [5, 5.41) is 0. The summed E-state index contributed by atoms with van der Waals surface area (Å²) in [6.45, 7) is 7.26. The van der Waals surface area contributed by atoms with Crippen LogP contribution >= 0.6 is 0 Å². The molecular formula is C20H32O. The van der Waals surface area contributed by atoms with Crippen molar-refractivity contribution in [3.63, 3.8) is 0 Å². The Morgan fingerprint density at radius 1 is 0.857 bits per heavy atom. The average molecular weight is 288 g/mol. The minimum absolute atomic E-state index is 0.0714. The van der Waals surface area contributed by atoms with E-state index in [0.717, 1.165) is 36.0 Å². The lowest BCUT2D eigenvalue weighted by atomic mass is 9.49. The van der Waals surface area contributed by atoms with Crippen LogP contribution in [-0.4, -0.2) is 5.78 Å². The van der Waals surface area contributed by atoms with Crippen molar-refractivity contribution in [1.29, 1.82) is 0 Å². The van der Waals surface area contributed by atoms with Gasteiger partial charge in [-0.25, -0.2) is 0 Å². The van der Waals surface area contributed by atoms with E-state index >= 15 is 0 Å². The number of fused-ring (bicyclic) bond motifs is 5. The first-order chi connectivity index (χ1) is 9.91. The van der Waals surface area contributed by atoms with Gasteiger partial charge in [0.25, 0.3) is 0 Å². The third-order valence-electron chi connectivity index (χ3n) is 8.20. The molecule has 0 aliphatic heterocycles. The van der Waals surface area contributed by atoms with Crippen molar-refractivity contribution in [1.82, 2.24) is 0 Å². The summed E-state index contributed by atoms with van der Waals surface area (Å²) in [5.74, 6) is 5.17. The fourth-order valence-electron chi connectivity index (χ4n) is 7.08. The summed E-state index contributed by atoms with van der Waals surface area (Å²) >= 11 is 0. The van der Waals surface area contributed by atoms with Crippen LogP contribution in [0.3, 0.4) is 0 Å². The number of ketones is 1. The van der Waals surface area contributed by atoms with Crippen LogP contribution in [0.25, 0.3) is 0 Å². The molecule has 0 saturated heterocycles. The maximum atomic E-state index is 12.4. The molecule has 3 unspecified atom stereocenters. The molecule has 0 spiro atoms. The van der Waals surface area contributed by atoms with Crippen LogP contribution in [-0.2, 0) is 4.79 Å². The van der Waals surface area contributed by atoms with E-state index in [-0.39, 0.29) is 5.41 Å². The molecule has 4 fully saturated rings. The van der Waals surface area contributed by atoms with Gasteiger partial charge in [0, 0.05) is 11.8 Å². The zero-order valence-corrected chi connectivity index (χ0v) is 14.2. The largest absolute Gasteiger partial charge is 0.299 e. The molecule has 0 N–H and O–H groups in total. The molecule has 21 heavy (non-hydrogen) atoms. The van der Waals surface area contributed by atoms with Crippen molar-refractivity contribution in [2.75, 3.05) is 0 Å². The van der Waals surface area contributed by atoms with E-state index in [1.54, 1.807) is 0 Å². The predicted molar refractivity (Wildman–Crippen MR) is 85.9 cm³/mol. The van der Waals surface area contributed by atoms with Crippen molar-refractivity contribution in [2.45, 2.75) is 78.6 Å². The number of carbonyl (C=O) groups excluding carboxylic acids is 1. The molecule has 4 rings (SSSR count). The van der Waals surface area contributed by atoms with Gasteiger partial charge in [0.2, 0.25) is 0 Å². The van der Waals surface area contributed by atoms with Crippen molar-refractivity contribution in [2.24, 2.45) is 40.4 Å². The molecule has 0 aromatic rings. The van der Waals surface area contributed by atoms with Gasteiger partial charge in [-0.3, -0.25) is 4.79 Å². The second kappa shape index (κ2) is 4.59. The first-order valence-corrected chi connectivity index (χ1v) is 9.44. The molecule has 0 heterocycles. The van der Waals surface area contributed by atoms with Crippen LogP contribution in [0.15, 0.2) is 0 Å². The van der Waals surface area contributed by atoms with E-state index in [1.165, 1.54) is 51.4 Å². The van der Waals surface area contributed by atoms with Gasteiger partial charge >= 0.3 is 0 Å². The Morgan fingerprint density at radius 2 is 1.62 bits per heavy atom. The van der Waals surface area contributed by atoms with E-state index in [4.69, 9.17) is 0 Å².